The van der Waals surface area contributed by atoms with Gasteiger partial charge in [0.2, 0.25) is 0 Å². The smallest absolute Gasteiger partial charge is 0.107 e. The zero-order valence-corrected chi connectivity index (χ0v) is 13.6. The molecule has 1 aromatic rings. The summed E-state index contributed by atoms with van der Waals surface area (Å²) in [4.78, 5) is 7.35. The Kier molecular flexibility index (Phi) is 4.74. The summed E-state index contributed by atoms with van der Waals surface area (Å²) in [5.41, 5.74) is 1.27. The lowest BCUT2D eigenvalue weighted by Crippen LogP contribution is -2.34. The second-order valence-corrected chi connectivity index (χ2v) is 7.69. The van der Waals surface area contributed by atoms with E-state index in [2.05, 4.69) is 29.4 Å². The Morgan fingerprint density at radius 1 is 1.30 bits per heavy atom. The zero-order chi connectivity index (χ0) is 13.9. The van der Waals surface area contributed by atoms with E-state index in [0.717, 1.165) is 31.0 Å². The predicted molar refractivity (Wildman–Crippen MR) is 84.8 cm³/mol. The Morgan fingerprint density at radius 2 is 2.05 bits per heavy atom. The van der Waals surface area contributed by atoms with Gasteiger partial charge in [-0.3, -0.25) is 4.90 Å². The van der Waals surface area contributed by atoms with E-state index >= 15 is 0 Å². The molecule has 1 aromatic heterocycles. The van der Waals surface area contributed by atoms with E-state index in [9.17, 15) is 0 Å². The van der Waals surface area contributed by atoms with E-state index in [4.69, 9.17) is 4.98 Å². The van der Waals surface area contributed by atoms with Crippen LogP contribution >= 0.6 is 11.3 Å². The molecule has 112 valence electrons. The number of nitrogens with one attached hydrogen (secondary N) is 1. The molecule has 1 aliphatic heterocycles. The SMILES string of the molecule is CC(C)C1CCN(Cc2csc(CNC3CC3)n2)CC1. The third kappa shape index (κ3) is 4.03. The fourth-order valence-electron chi connectivity index (χ4n) is 3.03. The minimum absolute atomic E-state index is 0.775. The van der Waals surface area contributed by atoms with Gasteiger partial charge in [-0.05, 0) is 50.6 Å². The molecule has 3 rings (SSSR count). The third-order valence-electron chi connectivity index (χ3n) is 4.68. The molecule has 0 bridgehead atoms. The molecule has 2 heterocycles. The summed E-state index contributed by atoms with van der Waals surface area (Å²) < 4.78 is 0. The summed E-state index contributed by atoms with van der Waals surface area (Å²) in [5, 5.41) is 7.04. The van der Waals surface area contributed by atoms with Gasteiger partial charge in [0.25, 0.3) is 0 Å². The van der Waals surface area contributed by atoms with Crippen LogP contribution in [0.15, 0.2) is 5.38 Å². The van der Waals surface area contributed by atoms with Gasteiger partial charge < -0.3 is 5.32 Å². The minimum atomic E-state index is 0.775. The van der Waals surface area contributed by atoms with Gasteiger partial charge >= 0.3 is 0 Å². The van der Waals surface area contributed by atoms with Gasteiger partial charge in [0.05, 0.1) is 5.69 Å². The van der Waals surface area contributed by atoms with Crippen LogP contribution in [-0.2, 0) is 13.1 Å². The van der Waals surface area contributed by atoms with E-state index in [1.165, 1.54) is 49.5 Å². The molecule has 1 N–H and O–H groups in total. The molecule has 4 heteroatoms. The Labute approximate surface area is 126 Å². The topological polar surface area (TPSA) is 28.2 Å². The molecule has 0 radical (unpaired) electrons. The summed E-state index contributed by atoms with van der Waals surface area (Å²) >= 11 is 1.81. The molecule has 1 saturated heterocycles. The Bertz CT molecular complexity index is 417. The normalized spacial score (nSPS) is 21.8. The van der Waals surface area contributed by atoms with Crippen LogP contribution in [0.2, 0.25) is 0 Å². The molecule has 0 atom stereocenters. The van der Waals surface area contributed by atoms with Gasteiger partial charge in [-0.25, -0.2) is 4.98 Å². The lowest BCUT2D eigenvalue weighted by molar-refractivity contribution is 0.151. The van der Waals surface area contributed by atoms with E-state index in [-0.39, 0.29) is 0 Å². The maximum absolute atomic E-state index is 4.77. The van der Waals surface area contributed by atoms with Gasteiger partial charge in [0, 0.05) is 24.5 Å². The van der Waals surface area contributed by atoms with Crippen molar-refractivity contribution in [2.45, 2.75) is 58.7 Å². The second kappa shape index (κ2) is 6.54. The average Bonchev–Trinajstić information content (AvgIpc) is 3.17. The Morgan fingerprint density at radius 3 is 2.70 bits per heavy atom. The van der Waals surface area contributed by atoms with Crippen LogP contribution < -0.4 is 5.32 Å². The lowest BCUT2D eigenvalue weighted by atomic mass is 9.87. The van der Waals surface area contributed by atoms with Crippen molar-refractivity contribution < 1.29 is 0 Å². The summed E-state index contributed by atoms with van der Waals surface area (Å²) in [5.74, 6) is 1.77. The number of thiazole rings is 1. The van der Waals surface area contributed by atoms with Crippen LogP contribution in [0, 0.1) is 11.8 Å². The van der Waals surface area contributed by atoms with Crippen LogP contribution in [0.5, 0.6) is 0 Å². The quantitative estimate of drug-likeness (QED) is 0.872. The molecule has 0 amide bonds. The first-order valence-corrected chi connectivity index (χ1v) is 8.97. The highest BCUT2D eigenvalue weighted by Crippen LogP contribution is 2.25. The van der Waals surface area contributed by atoms with E-state index in [1.54, 1.807) is 0 Å². The average molecular weight is 293 g/mol. The van der Waals surface area contributed by atoms with Crippen LogP contribution in [0.1, 0.15) is 50.2 Å². The minimum Gasteiger partial charge on any atom is -0.308 e. The fraction of sp³-hybridized carbons (Fsp3) is 0.812. The first-order valence-electron chi connectivity index (χ1n) is 8.09. The number of hydrogen-bond acceptors (Lipinski definition) is 4. The first kappa shape index (κ1) is 14.5. The molecule has 1 saturated carbocycles. The van der Waals surface area contributed by atoms with E-state index in [0.29, 0.717) is 0 Å². The van der Waals surface area contributed by atoms with Gasteiger partial charge in [-0.15, -0.1) is 11.3 Å². The molecular formula is C16H27N3S. The molecule has 2 aliphatic rings. The van der Waals surface area contributed by atoms with Crippen molar-refractivity contribution in [1.82, 2.24) is 15.2 Å². The largest absolute Gasteiger partial charge is 0.308 e. The number of hydrogen-bond donors (Lipinski definition) is 1. The predicted octanol–water partition coefficient (Wildman–Crippen LogP) is 3.26. The monoisotopic (exact) mass is 293 g/mol. The number of piperidine rings is 1. The van der Waals surface area contributed by atoms with Crippen molar-refractivity contribution in [3.05, 3.63) is 16.1 Å². The second-order valence-electron chi connectivity index (χ2n) is 6.75. The first-order chi connectivity index (χ1) is 9.70. The standard InChI is InChI=1S/C16H27N3S/c1-12(2)13-5-7-19(8-6-13)10-15-11-20-16(18-15)9-17-14-3-4-14/h11-14,17H,3-10H2,1-2H3. The Hall–Kier alpha value is -0.450. The van der Waals surface area contributed by atoms with Crippen LogP contribution in [0.4, 0.5) is 0 Å². The molecule has 0 unspecified atom stereocenters. The summed E-state index contributed by atoms with van der Waals surface area (Å²) in [6.45, 7) is 9.22. The van der Waals surface area contributed by atoms with Gasteiger partial charge in [0.15, 0.2) is 0 Å². The number of nitrogens with zero attached hydrogens (tertiary/aromatic N) is 2. The van der Waals surface area contributed by atoms with Crippen molar-refractivity contribution >= 4 is 11.3 Å². The van der Waals surface area contributed by atoms with Crippen LogP contribution in [-0.4, -0.2) is 29.0 Å². The number of aromatic nitrogens is 1. The lowest BCUT2D eigenvalue weighted by Gasteiger charge is -2.33. The third-order valence-corrected chi connectivity index (χ3v) is 5.58. The maximum Gasteiger partial charge on any atom is 0.107 e. The molecule has 0 spiro atoms. The van der Waals surface area contributed by atoms with Crippen molar-refractivity contribution in [1.29, 1.82) is 0 Å². The molecule has 1 aliphatic carbocycles. The zero-order valence-electron chi connectivity index (χ0n) is 12.8. The van der Waals surface area contributed by atoms with Gasteiger partial charge in [-0.1, -0.05) is 13.8 Å². The fourth-order valence-corrected chi connectivity index (χ4v) is 3.76. The number of rotatable bonds is 6. The molecule has 0 aromatic carbocycles. The van der Waals surface area contributed by atoms with Gasteiger partial charge in [-0.2, -0.15) is 0 Å². The van der Waals surface area contributed by atoms with E-state index in [1.807, 2.05) is 11.3 Å². The van der Waals surface area contributed by atoms with Crippen molar-refractivity contribution in [2.24, 2.45) is 11.8 Å². The number of likely N-dealkylation sites (tertiary alicyclic amines) is 1. The summed E-state index contributed by atoms with van der Waals surface area (Å²) in [6, 6.07) is 0.775. The molecule has 20 heavy (non-hydrogen) atoms. The highest BCUT2D eigenvalue weighted by Gasteiger charge is 2.22. The van der Waals surface area contributed by atoms with Crippen molar-refractivity contribution in [3.8, 4) is 0 Å². The van der Waals surface area contributed by atoms with Crippen molar-refractivity contribution in [3.63, 3.8) is 0 Å². The highest BCUT2D eigenvalue weighted by atomic mass is 32.1. The molecule has 2 fully saturated rings. The van der Waals surface area contributed by atoms with Gasteiger partial charge in [0.1, 0.15) is 5.01 Å². The summed E-state index contributed by atoms with van der Waals surface area (Å²) in [7, 11) is 0. The van der Waals surface area contributed by atoms with Crippen molar-refractivity contribution in [2.75, 3.05) is 13.1 Å². The molecular weight excluding hydrogens is 266 g/mol. The Balaban J connectivity index is 1.43. The highest BCUT2D eigenvalue weighted by molar-refractivity contribution is 7.09. The molecule has 3 nitrogen and oxygen atoms in total. The van der Waals surface area contributed by atoms with Crippen LogP contribution in [0.25, 0.3) is 0 Å². The van der Waals surface area contributed by atoms with E-state index < -0.39 is 0 Å². The van der Waals surface area contributed by atoms with Crippen LogP contribution in [0.3, 0.4) is 0 Å². The maximum atomic E-state index is 4.77. The summed E-state index contributed by atoms with van der Waals surface area (Å²) in [6.07, 6.45) is 5.42.